The normalized spacial score (nSPS) is 10.8. The lowest BCUT2D eigenvalue weighted by Gasteiger charge is -2.05. The molecule has 0 aliphatic carbocycles. The lowest BCUT2D eigenvalue weighted by molar-refractivity contribution is 0.0977. The molecule has 3 aromatic rings. The molecule has 2 aromatic carbocycles. The highest BCUT2D eigenvalue weighted by Gasteiger charge is 2.21. The largest absolute Gasteiger partial charge is 0.449 e. The summed E-state index contributed by atoms with van der Waals surface area (Å²) in [5, 5.41) is 2.98. The molecule has 5 nitrogen and oxygen atoms in total. The van der Waals surface area contributed by atoms with E-state index in [2.05, 4.69) is 5.32 Å². The molecule has 0 saturated heterocycles. The van der Waals surface area contributed by atoms with Gasteiger partial charge >= 0.3 is 0 Å². The summed E-state index contributed by atoms with van der Waals surface area (Å²) in [7, 11) is 0. The van der Waals surface area contributed by atoms with E-state index in [9.17, 15) is 14.0 Å². The molecule has 0 bridgehead atoms. The summed E-state index contributed by atoms with van der Waals surface area (Å²) < 4.78 is 18.6. The molecule has 0 aliphatic heterocycles. The number of benzene rings is 2. The fourth-order valence-electron chi connectivity index (χ4n) is 2.30. The number of fused-ring (bicyclic) bond motifs is 1. The van der Waals surface area contributed by atoms with Crippen LogP contribution >= 0.6 is 11.6 Å². The maximum Gasteiger partial charge on any atom is 0.286 e. The van der Waals surface area contributed by atoms with Crippen molar-refractivity contribution in [2.45, 2.75) is 5.88 Å². The molecular formula is C17H12ClFN2O3. The van der Waals surface area contributed by atoms with Crippen LogP contribution in [0.5, 0.6) is 0 Å². The maximum absolute atomic E-state index is 13.3. The lowest BCUT2D eigenvalue weighted by Crippen LogP contribution is -2.17. The van der Waals surface area contributed by atoms with Gasteiger partial charge in [0.05, 0.1) is 0 Å². The van der Waals surface area contributed by atoms with Gasteiger partial charge in [-0.05, 0) is 29.8 Å². The number of furan rings is 1. The molecular weight excluding hydrogens is 335 g/mol. The van der Waals surface area contributed by atoms with Crippen molar-refractivity contribution >= 4 is 40.1 Å². The van der Waals surface area contributed by atoms with Gasteiger partial charge in [-0.2, -0.15) is 0 Å². The highest BCUT2D eigenvalue weighted by atomic mass is 35.5. The van der Waals surface area contributed by atoms with Crippen LogP contribution in [0.25, 0.3) is 11.0 Å². The van der Waals surface area contributed by atoms with E-state index in [1.54, 1.807) is 24.3 Å². The Morgan fingerprint density at radius 3 is 2.50 bits per heavy atom. The number of hydrogen-bond acceptors (Lipinski definition) is 3. The van der Waals surface area contributed by atoms with Crippen molar-refractivity contribution in [3.8, 4) is 0 Å². The number of carbonyl (C=O) groups is 2. The monoisotopic (exact) mass is 346 g/mol. The van der Waals surface area contributed by atoms with Gasteiger partial charge in [-0.25, -0.2) is 4.39 Å². The summed E-state index contributed by atoms with van der Waals surface area (Å²) >= 11 is 5.71. The first-order valence-corrected chi connectivity index (χ1v) is 7.51. The van der Waals surface area contributed by atoms with Crippen LogP contribution in [0.2, 0.25) is 0 Å². The number of alkyl halides is 1. The highest BCUT2D eigenvalue weighted by molar-refractivity contribution is 6.17. The van der Waals surface area contributed by atoms with Crippen molar-refractivity contribution in [3.05, 3.63) is 65.2 Å². The van der Waals surface area contributed by atoms with E-state index in [0.29, 0.717) is 16.8 Å². The van der Waals surface area contributed by atoms with Gasteiger partial charge in [0, 0.05) is 22.9 Å². The zero-order valence-electron chi connectivity index (χ0n) is 12.3. The van der Waals surface area contributed by atoms with Gasteiger partial charge in [0.25, 0.3) is 11.8 Å². The Hall–Kier alpha value is -2.86. The summed E-state index contributed by atoms with van der Waals surface area (Å²) in [5.74, 6) is -1.74. The number of amides is 2. The molecule has 3 N–H and O–H groups in total. The van der Waals surface area contributed by atoms with E-state index < -0.39 is 17.6 Å². The van der Waals surface area contributed by atoms with Gasteiger partial charge in [0.15, 0.2) is 0 Å². The summed E-state index contributed by atoms with van der Waals surface area (Å²) in [6.07, 6.45) is 0. The minimum Gasteiger partial charge on any atom is -0.449 e. The Kier molecular flexibility index (Phi) is 4.22. The Bertz CT molecular complexity index is 935. The number of nitrogens with two attached hydrogens (primary N) is 1. The van der Waals surface area contributed by atoms with Gasteiger partial charge in [-0.1, -0.05) is 12.1 Å². The number of anilines is 1. The molecule has 0 saturated carbocycles. The third-order valence-corrected chi connectivity index (χ3v) is 3.79. The fourth-order valence-corrected chi connectivity index (χ4v) is 2.48. The van der Waals surface area contributed by atoms with E-state index in [1.165, 1.54) is 12.1 Å². The Morgan fingerprint density at radius 2 is 1.88 bits per heavy atom. The molecule has 0 spiro atoms. The van der Waals surface area contributed by atoms with E-state index in [1.807, 2.05) is 0 Å². The molecule has 7 heteroatoms. The molecule has 0 radical (unpaired) electrons. The van der Waals surface area contributed by atoms with Crippen molar-refractivity contribution in [2.75, 3.05) is 5.32 Å². The second-order valence-electron chi connectivity index (χ2n) is 5.10. The van der Waals surface area contributed by atoms with Gasteiger partial charge in [-0.3, -0.25) is 9.59 Å². The minimum absolute atomic E-state index is 0.115. The van der Waals surface area contributed by atoms with Crippen LogP contribution in [0.15, 0.2) is 46.9 Å². The van der Waals surface area contributed by atoms with E-state index in [4.69, 9.17) is 21.8 Å². The van der Waals surface area contributed by atoms with Gasteiger partial charge in [0.1, 0.15) is 17.1 Å². The summed E-state index contributed by atoms with van der Waals surface area (Å²) in [6, 6.07) is 10.4. The van der Waals surface area contributed by atoms with Crippen LogP contribution in [0.3, 0.4) is 0 Å². The zero-order chi connectivity index (χ0) is 17.3. The average Bonchev–Trinajstić information content (AvgIpc) is 2.92. The van der Waals surface area contributed by atoms with Crippen LogP contribution in [-0.2, 0) is 5.88 Å². The quantitative estimate of drug-likeness (QED) is 0.707. The average molecular weight is 347 g/mol. The molecule has 2 amide bonds. The minimum atomic E-state index is -0.862. The molecule has 1 aromatic heterocycles. The van der Waals surface area contributed by atoms with Crippen LogP contribution in [0, 0.1) is 5.82 Å². The molecule has 0 unspecified atom stereocenters. The van der Waals surface area contributed by atoms with Crippen LogP contribution < -0.4 is 11.1 Å². The second-order valence-corrected chi connectivity index (χ2v) is 5.36. The fraction of sp³-hybridized carbons (Fsp3) is 0.0588. The predicted octanol–water partition coefficient (Wildman–Crippen LogP) is 3.66. The van der Waals surface area contributed by atoms with Crippen molar-refractivity contribution in [2.24, 2.45) is 5.73 Å². The molecule has 0 fully saturated rings. The van der Waals surface area contributed by atoms with Crippen molar-refractivity contribution in [3.63, 3.8) is 0 Å². The first-order chi connectivity index (χ1) is 11.5. The molecule has 0 aliphatic rings. The van der Waals surface area contributed by atoms with E-state index in [-0.39, 0.29) is 17.0 Å². The number of nitrogens with one attached hydrogen (secondary N) is 1. The number of carbonyl (C=O) groups excluding carboxylic acids is 2. The third kappa shape index (κ3) is 2.96. The predicted molar refractivity (Wildman–Crippen MR) is 88.6 cm³/mol. The topological polar surface area (TPSA) is 85.3 Å². The van der Waals surface area contributed by atoms with Crippen LogP contribution in [-0.4, -0.2) is 11.8 Å². The van der Waals surface area contributed by atoms with Crippen molar-refractivity contribution in [1.82, 2.24) is 0 Å². The first-order valence-electron chi connectivity index (χ1n) is 6.97. The Morgan fingerprint density at radius 1 is 1.17 bits per heavy atom. The van der Waals surface area contributed by atoms with E-state index >= 15 is 0 Å². The zero-order valence-corrected chi connectivity index (χ0v) is 13.1. The summed E-state index contributed by atoms with van der Waals surface area (Å²) in [4.78, 5) is 23.9. The molecule has 122 valence electrons. The second kappa shape index (κ2) is 6.33. The van der Waals surface area contributed by atoms with Gasteiger partial charge in [-0.15, -0.1) is 11.6 Å². The molecule has 24 heavy (non-hydrogen) atoms. The van der Waals surface area contributed by atoms with Crippen molar-refractivity contribution in [1.29, 1.82) is 0 Å². The van der Waals surface area contributed by atoms with Crippen LogP contribution in [0.1, 0.15) is 26.5 Å². The highest BCUT2D eigenvalue weighted by Crippen LogP contribution is 2.31. The maximum atomic E-state index is 13.3. The Balaban J connectivity index is 2.00. The number of rotatable bonds is 4. The van der Waals surface area contributed by atoms with Crippen molar-refractivity contribution < 1.29 is 18.4 Å². The van der Waals surface area contributed by atoms with Crippen LogP contribution in [0.4, 0.5) is 10.1 Å². The number of hydrogen-bond donors (Lipinski definition) is 2. The summed E-state index contributed by atoms with van der Waals surface area (Å²) in [5.41, 5.74) is 6.75. The van der Waals surface area contributed by atoms with E-state index in [0.717, 1.165) is 11.6 Å². The van der Waals surface area contributed by atoms with Gasteiger partial charge in [0.2, 0.25) is 5.76 Å². The smallest absolute Gasteiger partial charge is 0.286 e. The summed E-state index contributed by atoms with van der Waals surface area (Å²) in [6.45, 7) is 0. The third-order valence-electron chi connectivity index (χ3n) is 3.48. The Labute approximate surface area is 141 Å². The van der Waals surface area contributed by atoms with Gasteiger partial charge < -0.3 is 15.5 Å². The number of primary amides is 1. The number of halogens is 2. The standard InChI is InChI=1S/C17H12ClFN2O3/c18-8-9-1-3-10(4-2-9)17(23)21-14-12-6-5-11(19)7-13(12)24-15(14)16(20)22/h1-7H,8H2,(H2,20,22)(H,21,23). The molecule has 3 rings (SSSR count). The molecule has 0 atom stereocenters. The SMILES string of the molecule is NC(=O)c1oc2cc(F)ccc2c1NC(=O)c1ccc(CCl)cc1. The first kappa shape index (κ1) is 16.0. The lowest BCUT2D eigenvalue weighted by atomic mass is 10.1. The molecule has 1 heterocycles.